The first-order valence-electron chi connectivity index (χ1n) is 3.60. The van der Waals surface area contributed by atoms with E-state index in [1.807, 2.05) is 0 Å². The van der Waals surface area contributed by atoms with Crippen LogP contribution >= 0.6 is 11.6 Å². The molecule has 1 aromatic rings. The fourth-order valence-electron chi connectivity index (χ4n) is 0.707. The average Bonchev–Trinajstić information content (AvgIpc) is 2.16. The molecule has 1 rings (SSSR count). The predicted octanol–water partition coefficient (Wildman–Crippen LogP) is 2.22. The van der Waals surface area contributed by atoms with Crippen LogP contribution in [0.4, 0.5) is 5.69 Å². The zero-order chi connectivity index (χ0) is 9.68. The molecule has 0 aliphatic carbocycles. The number of halogens is 1. The molecular weight excluding hydrogens is 190 g/mol. The maximum atomic E-state index is 10.7. The third-order valence-corrected chi connectivity index (χ3v) is 1.60. The Labute approximate surface area is 81.0 Å². The van der Waals surface area contributed by atoms with Gasteiger partial charge in [0, 0.05) is 5.02 Å². The summed E-state index contributed by atoms with van der Waals surface area (Å²) in [6, 6.07) is 6.82. The molecule has 3 nitrogen and oxygen atoms in total. The van der Waals surface area contributed by atoms with Gasteiger partial charge in [-0.2, -0.15) is 0 Å². The fourth-order valence-corrected chi connectivity index (χ4v) is 0.833. The molecule has 0 N–H and O–H groups in total. The van der Waals surface area contributed by atoms with Crippen LogP contribution in [0.2, 0.25) is 5.02 Å². The Morgan fingerprint density at radius 3 is 2.62 bits per heavy atom. The molecular formula is C9H8ClNO2. The van der Waals surface area contributed by atoms with Crippen LogP contribution in [0.15, 0.2) is 29.3 Å². The van der Waals surface area contributed by atoms with E-state index in [0.29, 0.717) is 10.7 Å². The van der Waals surface area contributed by atoms with Crippen molar-refractivity contribution in [1.29, 1.82) is 0 Å². The van der Waals surface area contributed by atoms with E-state index in [4.69, 9.17) is 11.6 Å². The topological polar surface area (TPSA) is 38.7 Å². The Bertz CT molecular complexity index is 319. The Kier molecular flexibility index (Phi) is 3.46. The van der Waals surface area contributed by atoms with Crippen LogP contribution in [0.25, 0.3) is 0 Å². The second-order valence-corrected chi connectivity index (χ2v) is 2.69. The van der Waals surface area contributed by atoms with Gasteiger partial charge in [0.2, 0.25) is 0 Å². The lowest BCUT2D eigenvalue weighted by molar-refractivity contribution is -0.132. The van der Waals surface area contributed by atoms with Crippen LogP contribution < -0.4 is 0 Å². The first kappa shape index (κ1) is 9.74. The first-order chi connectivity index (χ1) is 6.22. The normalized spacial score (nSPS) is 10.3. The molecule has 0 saturated heterocycles. The van der Waals surface area contributed by atoms with Crippen molar-refractivity contribution in [3.63, 3.8) is 0 Å². The van der Waals surface area contributed by atoms with Crippen LogP contribution in [-0.2, 0) is 9.53 Å². The zero-order valence-electron chi connectivity index (χ0n) is 7.03. The van der Waals surface area contributed by atoms with E-state index in [0.717, 1.165) is 6.21 Å². The quantitative estimate of drug-likeness (QED) is 0.539. The molecule has 0 heterocycles. The van der Waals surface area contributed by atoms with Crippen LogP contribution in [0.5, 0.6) is 0 Å². The van der Waals surface area contributed by atoms with Gasteiger partial charge in [-0.15, -0.1) is 0 Å². The standard InChI is InChI=1S/C9H8ClNO2/c1-13-9(12)6-11-8-4-2-7(10)3-5-8/h2-6H,1H3. The predicted molar refractivity (Wildman–Crippen MR) is 51.6 cm³/mol. The molecule has 0 aromatic heterocycles. The van der Waals surface area contributed by atoms with E-state index < -0.39 is 5.97 Å². The minimum absolute atomic E-state index is 0.477. The third-order valence-electron chi connectivity index (χ3n) is 1.35. The summed E-state index contributed by atoms with van der Waals surface area (Å²) < 4.78 is 4.38. The van der Waals surface area contributed by atoms with E-state index >= 15 is 0 Å². The molecule has 0 saturated carbocycles. The number of ether oxygens (including phenoxy) is 1. The average molecular weight is 198 g/mol. The lowest BCUT2D eigenvalue weighted by atomic mass is 10.3. The van der Waals surface area contributed by atoms with Crippen molar-refractivity contribution in [2.45, 2.75) is 0 Å². The van der Waals surface area contributed by atoms with Gasteiger partial charge < -0.3 is 4.74 Å². The van der Waals surface area contributed by atoms with Crippen LogP contribution in [0, 0.1) is 0 Å². The molecule has 4 heteroatoms. The number of nitrogens with zero attached hydrogens (tertiary/aromatic N) is 1. The van der Waals surface area contributed by atoms with Crippen molar-refractivity contribution in [3.8, 4) is 0 Å². The summed E-state index contributed by atoms with van der Waals surface area (Å²) >= 11 is 5.66. The van der Waals surface area contributed by atoms with E-state index in [2.05, 4.69) is 9.73 Å². The van der Waals surface area contributed by atoms with Crippen molar-refractivity contribution in [1.82, 2.24) is 0 Å². The van der Waals surface area contributed by atoms with Crippen molar-refractivity contribution >= 4 is 29.5 Å². The maximum absolute atomic E-state index is 10.7. The summed E-state index contributed by atoms with van der Waals surface area (Å²) in [4.78, 5) is 14.5. The summed E-state index contributed by atoms with van der Waals surface area (Å²) in [5.41, 5.74) is 0.662. The number of carbonyl (C=O) groups excluding carboxylic acids is 1. The van der Waals surface area contributed by atoms with Crippen LogP contribution in [0.1, 0.15) is 0 Å². The molecule has 0 atom stereocenters. The fraction of sp³-hybridized carbons (Fsp3) is 0.111. The largest absolute Gasteiger partial charge is 0.465 e. The molecule has 0 bridgehead atoms. The molecule has 0 aliphatic rings. The van der Waals surface area contributed by atoms with E-state index in [-0.39, 0.29) is 0 Å². The van der Waals surface area contributed by atoms with Gasteiger partial charge in [0.25, 0.3) is 0 Å². The number of aliphatic imine (C=N–C) groups is 1. The number of benzene rings is 1. The van der Waals surface area contributed by atoms with Gasteiger partial charge in [0.15, 0.2) is 0 Å². The zero-order valence-corrected chi connectivity index (χ0v) is 7.78. The smallest absolute Gasteiger partial charge is 0.349 e. The molecule has 0 radical (unpaired) electrons. The molecule has 1 aromatic carbocycles. The summed E-state index contributed by atoms with van der Waals surface area (Å²) in [6.45, 7) is 0. The van der Waals surface area contributed by atoms with Gasteiger partial charge >= 0.3 is 5.97 Å². The number of hydrogen-bond acceptors (Lipinski definition) is 3. The van der Waals surface area contributed by atoms with E-state index in [1.54, 1.807) is 24.3 Å². The number of rotatable bonds is 2. The monoisotopic (exact) mass is 197 g/mol. The molecule has 0 amide bonds. The molecule has 0 aliphatic heterocycles. The Morgan fingerprint density at radius 1 is 1.46 bits per heavy atom. The maximum Gasteiger partial charge on any atom is 0.349 e. The molecule has 0 spiro atoms. The van der Waals surface area contributed by atoms with Crippen molar-refractivity contribution < 1.29 is 9.53 Å². The van der Waals surface area contributed by atoms with Crippen molar-refractivity contribution in [2.75, 3.05) is 7.11 Å². The minimum atomic E-state index is -0.477. The summed E-state index contributed by atoms with van der Waals surface area (Å²) in [5.74, 6) is -0.477. The second-order valence-electron chi connectivity index (χ2n) is 2.26. The highest BCUT2D eigenvalue weighted by Crippen LogP contribution is 2.15. The lowest BCUT2D eigenvalue weighted by Crippen LogP contribution is -1.99. The number of hydrogen-bond donors (Lipinski definition) is 0. The summed E-state index contributed by atoms with van der Waals surface area (Å²) in [7, 11) is 1.30. The van der Waals surface area contributed by atoms with Crippen molar-refractivity contribution in [3.05, 3.63) is 29.3 Å². The highest BCUT2D eigenvalue weighted by Gasteiger charge is 1.92. The lowest BCUT2D eigenvalue weighted by Gasteiger charge is -1.92. The van der Waals surface area contributed by atoms with E-state index in [9.17, 15) is 4.79 Å². The Hall–Kier alpha value is -1.35. The Balaban J connectivity index is 2.69. The molecule has 0 fully saturated rings. The summed E-state index contributed by atoms with van der Waals surface area (Å²) in [5, 5.41) is 0.636. The van der Waals surface area contributed by atoms with Crippen LogP contribution in [-0.4, -0.2) is 19.3 Å². The molecule has 0 unspecified atom stereocenters. The number of methoxy groups -OCH3 is 1. The van der Waals surface area contributed by atoms with Gasteiger partial charge in [-0.3, -0.25) is 0 Å². The third kappa shape index (κ3) is 3.25. The minimum Gasteiger partial charge on any atom is -0.465 e. The van der Waals surface area contributed by atoms with Gasteiger partial charge in [0.05, 0.1) is 12.8 Å². The highest BCUT2D eigenvalue weighted by molar-refractivity contribution is 6.30. The Morgan fingerprint density at radius 2 is 2.08 bits per heavy atom. The van der Waals surface area contributed by atoms with Gasteiger partial charge in [-0.05, 0) is 24.3 Å². The SMILES string of the molecule is COC(=O)C=Nc1ccc(Cl)cc1. The van der Waals surface area contributed by atoms with E-state index in [1.165, 1.54) is 7.11 Å². The van der Waals surface area contributed by atoms with Crippen LogP contribution in [0.3, 0.4) is 0 Å². The summed E-state index contributed by atoms with van der Waals surface area (Å²) in [6.07, 6.45) is 1.11. The second kappa shape index (κ2) is 4.62. The van der Waals surface area contributed by atoms with Gasteiger partial charge in [-0.1, -0.05) is 11.6 Å². The molecule has 68 valence electrons. The highest BCUT2D eigenvalue weighted by atomic mass is 35.5. The van der Waals surface area contributed by atoms with Gasteiger partial charge in [-0.25, -0.2) is 9.79 Å². The number of carbonyl (C=O) groups is 1. The van der Waals surface area contributed by atoms with Gasteiger partial charge in [0.1, 0.15) is 6.21 Å². The first-order valence-corrected chi connectivity index (χ1v) is 3.98. The molecule has 13 heavy (non-hydrogen) atoms. The van der Waals surface area contributed by atoms with Crippen molar-refractivity contribution in [2.24, 2.45) is 4.99 Å². The number of esters is 1.